The molecule has 8 heteroatoms. The number of rotatable bonds is 7. The number of nitrogens with zero attached hydrogens (tertiary/aromatic N) is 2. The van der Waals surface area contributed by atoms with Crippen molar-refractivity contribution in [2.75, 3.05) is 19.5 Å². The van der Waals surface area contributed by atoms with Crippen molar-refractivity contribution in [3.63, 3.8) is 0 Å². The highest BCUT2D eigenvalue weighted by Gasteiger charge is 2.43. The summed E-state index contributed by atoms with van der Waals surface area (Å²) in [6.07, 6.45) is 4.23. The number of thioether (sulfide) groups is 1. The summed E-state index contributed by atoms with van der Waals surface area (Å²) in [6.45, 7) is 4.06. The summed E-state index contributed by atoms with van der Waals surface area (Å²) >= 11 is 1.40. The average molecular weight is 482 g/mol. The first-order chi connectivity index (χ1) is 16.4. The Morgan fingerprint density at radius 2 is 1.82 bits per heavy atom. The maximum absolute atomic E-state index is 13.5. The van der Waals surface area contributed by atoms with Gasteiger partial charge in [-0.15, -0.1) is 0 Å². The third kappa shape index (κ3) is 5.06. The molecule has 1 saturated carbocycles. The Hall–Kier alpha value is -3.00. The van der Waals surface area contributed by atoms with Gasteiger partial charge in [-0.1, -0.05) is 42.8 Å². The number of carbonyl (C=O) groups is 2. The minimum atomic E-state index is -0.507. The van der Waals surface area contributed by atoms with E-state index in [2.05, 4.69) is 5.32 Å². The number of carbonyl (C=O) groups excluding carboxylic acids is 2. The molecule has 1 unspecified atom stereocenters. The largest absolute Gasteiger partial charge is 0.497 e. The summed E-state index contributed by atoms with van der Waals surface area (Å²) in [4.78, 5) is 33.2. The third-order valence-corrected chi connectivity index (χ3v) is 7.51. The summed E-state index contributed by atoms with van der Waals surface area (Å²) < 4.78 is 10.6. The van der Waals surface area contributed by atoms with Crippen LogP contribution in [0.1, 0.15) is 43.2 Å². The molecule has 0 radical (unpaired) electrons. The lowest BCUT2D eigenvalue weighted by Crippen LogP contribution is -2.40. The Balaban J connectivity index is 1.55. The van der Waals surface area contributed by atoms with Gasteiger partial charge in [0.2, 0.25) is 11.8 Å². The molecule has 2 aliphatic rings. The smallest absolute Gasteiger partial charge is 0.242 e. The van der Waals surface area contributed by atoms with Crippen LogP contribution in [0.15, 0.2) is 41.4 Å². The van der Waals surface area contributed by atoms with Crippen molar-refractivity contribution in [1.82, 2.24) is 4.90 Å². The van der Waals surface area contributed by atoms with Gasteiger partial charge in [0.1, 0.15) is 16.7 Å². The van der Waals surface area contributed by atoms with Crippen molar-refractivity contribution in [2.45, 2.75) is 57.2 Å². The molecule has 1 aliphatic carbocycles. The van der Waals surface area contributed by atoms with Crippen molar-refractivity contribution in [1.29, 1.82) is 0 Å². The normalized spacial score (nSPS) is 19.6. The summed E-state index contributed by atoms with van der Waals surface area (Å²) in [5.41, 5.74) is 3.58. The van der Waals surface area contributed by atoms with Gasteiger partial charge in [-0.05, 0) is 49.9 Å². The third-order valence-electron chi connectivity index (χ3n) is 6.36. The van der Waals surface area contributed by atoms with E-state index in [1.54, 1.807) is 25.3 Å². The van der Waals surface area contributed by atoms with E-state index in [0.29, 0.717) is 22.4 Å². The van der Waals surface area contributed by atoms with Gasteiger partial charge in [-0.2, -0.15) is 0 Å². The van der Waals surface area contributed by atoms with Crippen LogP contribution in [-0.4, -0.2) is 47.4 Å². The highest BCUT2D eigenvalue weighted by Crippen LogP contribution is 2.38. The Bertz CT molecular complexity index is 1090. The first kappa shape index (κ1) is 24.1. The lowest BCUT2D eigenvalue weighted by molar-refractivity contribution is -0.129. The maximum atomic E-state index is 13.5. The van der Waals surface area contributed by atoms with Crippen LogP contribution in [0.25, 0.3) is 0 Å². The molecular weight excluding hydrogens is 450 g/mol. The monoisotopic (exact) mass is 481 g/mol. The van der Waals surface area contributed by atoms with Crippen molar-refractivity contribution in [3.8, 4) is 11.5 Å². The number of aliphatic imine (C=N–C) groups is 1. The Morgan fingerprint density at radius 1 is 1.12 bits per heavy atom. The fraction of sp³-hybridized carbons (Fsp3) is 0.423. The molecule has 0 bridgehead atoms. The van der Waals surface area contributed by atoms with Gasteiger partial charge in [-0.25, -0.2) is 4.99 Å². The van der Waals surface area contributed by atoms with Crippen LogP contribution in [0.5, 0.6) is 11.5 Å². The summed E-state index contributed by atoms with van der Waals surface area (Å²) in [7, 11) is 3.11. The number of nitrogens with one attached hydrogen (secondary N) is 1. The molecule has 34 heavy (non-hydrogen) atoms. The van der Waals surface area contributed by atoms with Crippen LogP contribution in [0, 0.1) is 13.8 Å². The summed E-state index contributed by atoms with van der Waals surface area (Å²) in [5, 5.41) is 3.08. The van der Waals surface area contributed by atoms with Gasteiger partial charge in [0.15, 0.2) is 5.17 Å². The summed E-state index contributed by atoms with van der Waals surface area (Å²) in [6, 6.07) is 11.4. The number of amides is 2. The minimum Gasteiger partial charge on any atom is -0.497 e. The van der Waals surface area contributed by atoms with Gasteiger partial charge in [0.05, 0.1) is 25.6 Å². The average Bonchev–Trinajstić information content (AvgIpc) is 3.44. The Labute approximate surface area is 204 Å². The zero-order chi connectivity index (χ0) is 24.2. The second-order valence-electron chi connectivity index (χ2n) is 8.71. The summed E-state index contributed by atoms with van der Waals surface area (Å²) in [5.74, 6) is 0.867. The lowest BCUT2D eigenvalue weighted by Gasteiger charge is -2.24. The first-order valence-corrected chi connectivity index (χ1v) is 12.5. The SMILES string of the molecule is COc1ccc(NC(=O)CC2SC(=Nc3c(C)cccc3C)N(C3CCCC3)C2=O)c(OC)c1. The molecule has 1 saturated heterocycles. The quantitative estimate of drug-likeness (QED) is 0.586. The van der Waals surface area contributed by atoms with Crippen molar-refractivity contribution >= 4 is 40.1 Å². The van der Waals surface area contributed by atoms with Gasteiger partial charge >= 0.3 is 0 Å². The molecule has 0 aromatic heterocycles. The fourth-order valence-corrected chi connectivity index (χ4v) is 5.74. The zero-order valence-electron chi connectivity index (χ0n) is 20.1. The Morgan fingerprint density at radius 3 is 2.47 bits per heavy atom. The van der Waals surface area contributed by atoms with Crippen molar-refractivity contribution < 1.29 is 19.1 Å². The Kier molecular flexibility index (Phi) is 7.46. The molecule has 1 N–H and O–H groups in total. The maximum Gasteiger partial charge on any atom is 0.242 e. The van der Waals surface area contributed by atoms with E-state index in [0.717, 1.165) is 42.5 Å². The van der Waals surface area contributed by atoms with E-state index < -0.39 is 5.25 Å². The minimum absolute atomic E-state index is 0.0290. The molecular formula is C26H31N3O4S. The second-order valence-corrected chi connectivity index (χ2v) is 9.88. The van der Waals surface area contributed by atoms with Crippen LogP contribution >= 0.6 is 11.8 Å². The molecule has 2 aromatic rings. The number of ether oxygens (including phenoxy) is 2. The van der Waals surface area contributed by atoms with E-state index in [4.69, 9.17) is 14.5 Å². The molecule has 2 amide bonds. The molecule has 180 valence electrons. The number of aryl methyl sites for hydroxylation is 2. The zero-order valence-corrected chi connectivity index (χ0v) is 20.9. The van der Waals surface area contributed by atoms with Gasteiger partial charge in [0.25, 0.3) is 0 Å². The van der Waals surface area contributed by atoms with Gasteiger partial charge < -0.3 is 14.8 Å². The lowest BCUT2D eigenvalue weighted by atomic mass is 10.1. The predicted molar refractivity (Wildman–Crippen MR) is 136 cm³/mol. The van der Waals surface area contributed by atoms with E-state index in [1.807, 2.05) is 36.9 Å². The van der Waals surface area contributed by atoms with Crippen LogP contribution in [0.3, 0.4) is 0 Å². The molecule has 7 nitrogen and oxygen atoms in total. The van der Waals surface area contributed by atoms with Gasteiger partial charge in [-0.3, -0.25) is 14.5 Å². The van der Waals surface area contributed by atoms with Crippen molar-refractivity contribution in [3.05, 3.63) is 47.5 Å². The van der Waals surface area contributed by atoms with E-state index >= 15 is 0 Å². The molecule has 1 atom stereocenters. The standard InChI is InChI=1S/C26H31N3O4S/c1-16-8-7-9-17(2)24(16)28-26-29(18-10-5-6-11-18)25(31)22(34-26)15-23(30)27-20-13-12-19(32-3)14-21(20)33-4/h7-9,12-14,18,22H,5-6,10-11,15H2,1-4H3,(H,27,30). The molecule has 2 fully saturated rings. The van der Waals surface area contributed by atoms with E-state index in [1.165, 1.54) is 18.9 Å². The van der Waals surface area contributed by atoms with Crippen molar-refractivity contribution in [2.24, 2.45) is 4.99 Å². The van der Waals surface area contributed by atoms with Crippen LogP contribution in [-0.2, 0) is 9.59 Å². The molecule has 2 aromatic carbocycles. The topological polar surface area (TPSA) is 80.2 Å². The number of para-hydroxylation sites is 1. The van der Waals surface area contributed by atoms with Gasteiger partial charge in [0, 0.05) is 18.5 Å². The highest BCUT2D eigenvalue weighted by atomic mass is 32.2. The molecule has 1 aliphatic heterocycles. The number of hydrogen-bond donors (Lipinski definition) is 1. The molecule has 1 heterocycles. The number of benzene rings is 2. The fourth-order valence-electron chi connectivity index (χ4n) is 4.54. The van der Waals surface area contributed by atoms with E-state index in [-0.39, 0.29) is 24.3 Å². The second kappa shape index (κ2) is 10.5. The number of hydrogen-bond acceptors (Lipinski definition) is 6. The highest BCUT2D eigenvalue weighted by molar-refractivity contribution is 8.15. The first-order valence-electron chi connectivity index (χ1n) is 11.6. The van der Waals surface area contributed by atoms with Crippen LogP contribution in [0.4, 0.5) is 11.4 Å². The predicted octanol–water partition coefficient (Wildman–Crippen LogP) is 5.22. The molecule has 4 rings (SSSR count). The molecule has 0 spiro atoms. The van der Waals surface area contributed by atoms with Crippen LogP contribution < -0.4 is 14.8 Å². The van der Waals surface area contributed by atoms with Crippen LogP contribution in [0.2, 0.25) is 0 Å². The number of anilines is 1. The number of methoxy groups -OCH3 is 2. The van der Waals surface area contributed by atoms with E-state index in [9.17, 15) is 9.59 Å². The number of amidine groups is 1.